The quantitative estimate of drug-likeness (QED) is 0.623. The van der Waals surface area contributed by atoms with Crippen molar-refractivity contribution < 1.29 is 4.39 Å². The van der Waals surface area contributed by atoms with Gasteiger partial charge in [0.2, 0.25) is 0 Å². The lowest BCUT2D eigenvalue weighted by Crippen LogP contribution is -2.38. The van der Waals surface area contributed by atoms with Crippen LogP contribution in [0.15, 0.2) is 0 Å². The van der Waals surface area contributed by atoms with Gasteiger partial charge in [-0.15, -0.1) is 0 Å². The summed E-state index contributed by atoms with van der Waals surface area (Å²) in [6.07, 6.45) is 0.844. The van der Waals surface area contributed by atoms with E-state index in [9.17, 15) is 4.39 Å². The highest BCUT2D eigenvalue weighted by Crippen LogP contribution is 2.20. The fourth-order valence-electron chi connectivity index (χ4n) is 0.652. The fraction of sp³-hybridized carbons (Fsp3) is 1.00. The van der Waals surface area contributed by atoms with Gasteiger partial charge in [-0.25, -0.2) is 0 Å². The van der Waals surface area contributed by atoms with E-state index in [1.54, 1.807) is 0 Å². The van der Waals surface area contributed by atoms with Gasteiger partial charge in [0.25, 0.3) is 0 Å². The van der Waals surface area contributed by atoms with Gasteiger partial charge in [-0.3, -0.25) is 4.39 Å². The summed E-state index contributed by atoms with van der Waals surface area (Å²) in [6.45, 7) is 5.34. The predicted molar refractivity (Wildman–Crippen MR) is 38.0 cm³/mol. The molecule has 0 bridgehead atoms. The van der Waals surface area contributed by atoms with Crippen LogP contribution in [0.1, 0.15) is 27.2 Å². The van der Waals surface area contributed by atoms with Crippen LogP contribution in [-0.4, -0.2) is 12.7 Å². The third-order valence-corrected chi connectivity index (χ3v) is 1.79. The molecule has 0 aromatic carbocycles. The molecule has 0 radical (unpaired) electrons. The van der Waals surface area contributed by atoms with Crippen molar-refractivity contribution in [1.82, 2.24) is 0 Å². The average molecular weight is 133 g/mol. The first-order chi connectivity index (χ1) is 4.04. The molecule has 56 valence electrons. The predicted octanol–water partition coefficient (Wildman–Crippen LogP) is 1.72. The molecule has 2 heteroatoms. The number of alkyl halides is 1. The van der Waals surface area contributed by atoms with E-state index in [0.29, 0.717) is 0 Å². The topological polar surface area (TPSA) is 26.0 Å². The van der Waals surface area contributed by atoms with Crippen molar-refractivity contribution in [1.29, 1.82) is 0 Å². The van der Waals surface area contributed by atoms with Gasteiger partial charge in [0.1, 0.15) is 0 Å². The summed E-state index contributed by atoms with van der Waals surface area (Å²) >= 11 is 0. The van der Waals surface area contributed by atoms with E-state index in [1.807, 2.05) is 20.8 Å². The highest BCUT2D eigenvalue weighted by atomic mass is 19.1. The Morgan fingerprint density at radius 1 is 1.56 bits per heavy atom. The van der Waals surface area contributed by atoms with Gasteiger partial charge in [0, 0.05) is 11.5 Å². The molecule has 0 spiro atoms. The second-order valence-electron chi connectivity index (χ2n) is 3.14. The molecule has 1 atom stereocenters. The van der Waals surface area contributed by atoms with Gasteiger partial charge < -0.3 is 5.73 Å². The summed E-state index contributed by atoms with van der Waals surface area (Å²) in [4.78, 5) is 0. The number of rotatable bonds is 3. The zero-order valence-electron chi connectivity index (χ0n) is 6.45. The molecule has 0 fully saturated rings. The first kappa shape index (κ1) is 8.89. The normalized spacial score (nSPS) is 15.7. The molecular weight excluding hydrogens is 117 g/mol. The van der Waals surface area contributed by atoms with Crippen molar-refractivity contribution in [2.75, 3.05) is 6.67 Å². The standard InChI is InChI=1S/C7H16FN/c1-4-6(9)7(2,3)5-8/h6H,4-5,9H2,1-3H3. The highest BCUT2D eigenvalue weighted by molar-refractivity contribution is 4.79. The first-order valence-electron chi connectivity index (χ1n) is 3.36. The molecule has 0 amide bonds. The molecule has 0 saturated carbocycles. The second kappa shape index (κ2) is 3.16. The molecular formula is C7H16FN. The molecule has 1 unspecified atom stereocenters. The van der Waals surface area contributed by atoms with Gasteiger partial charge in [-0.05, 0) is 6.42 Å². The number of hydrogen-bond donors (Lipinski definition) is 1. The summed E-state index contributed by atoms with van der Waals surface area (Å²) in [6, 6.07) is -0.0116. The third kappa shape index (κ3) is 2.31. The van der Waals surface area contributed by atoms with Crippen LogP contribution < -0.4 is 5.73 Å². The van der Waals surface area contributed by atoms with Crippen molar-refractivity contribution in [2.45, 2.75) is 33.2 Å². The zero-order valence-corrected chi connectivity index (χ0v) is 6.45. The van der Waals surface area contributed by atoms with Gasteiger partial charge in [-0.1, -0.05) is 20.8 Å². The molecule has 0 aliphatic heterocycles. The molecule has 2 N–H and O–H groups in total. The van der Waals surface area contributed by atoms with Crippen LogP contribution in [0.4, 0.5) is 4.39 Å². The molecule has 1 nitrogen and oxygen atoms in total. The van der Waals surface area contributed by atoms with Crippen LogP contribution in [0.2, 0.25) is 0 Å². The van der Waals surface area contributed by atoms with Crippen molar-refractivity contribution in [3.63, 3.8) is 0 Å². The lowest BCUT2D eigenvalue weighted by molar-refractivity contribution is 0.206. The summed E-state index contributed by atoms with van der Waals surface area (Å²) < 4.78 is 12.1. The summed E-state index contributed by atoms with van der Waals surface area (Å²) in [7, 11) is 0. The molecule has 0 aromatic rings. The summed E-state index contributed by atoms with van der Waals surface area (Å²) in [5.41, 5.74) is 5.28. The lowest BCUT2D eigenvalue weighted by atomic mass is 9.85. The Labute approximate surface area is 56.4 Å². The second-order valence-corrected chi connectivity index (χ2v) is 3.14. The number of hydrogen-bond acceptors (Lipinski definition) is 1. The van der Waals surface area contributed by atoms with Crippen LogP contribution in [0.5, 0.6) is 0 Å². The molecule has 0 heterocycles. The SMILES string of the molecule is CCC(N)C(C)(C)CF. The largest absolute Gasteiger partial charge is 0.327 e. The number of nitrogens with two attached hydrogens (primary N) is 1. The van der Waals surface area contributed by atoms with Gasteiger partial charge >= 0.3 is 0 Å². The maximum Gasteiger partial charge on any atom is 0.0960 e. The van der Waals surface area contributed by atoms with Crippen LogP contribution in [0.3, 0.4) is 0 Å². The first-order valence-corrected chi connectivity index (χ1v) is 3.36. The Morgan fingerprint density at radius 2 is 2.00 bits per heavy atom. The third-order valence-electron chi connectivity index (χ3n) is 1.79. The van der Waals surface area contributed by atoms with E-state index in [0.717, 1.165) is 6.42 Å². The minimum atomic E-state index is -0.339. The van der Waals surface area contributed by atoms with Gasteiger partial charge in [0.05, 0.1) is 6.67 Å². The van der Waals surface area contributed by atoms with Crippen molar-refractivity contribution in [2.24, 2.45) is 11.1 Å². The van der Waals surface area contributed by atoms with Crippen molar-refractivity contribution in [3.05, 3.63) is 0 Å². The monoisotopic (exact) mass is 133 g/mol. The average Bonchev–Trinajstić information content (AvgIpc) is 1.86. The molecule has 0 rings (SSSR count). The van der Waals surface area contributed by atoms with Crippen LogP contribution in [0.25, 0.3) is 0 Å². The van der Waals surface area contributed by atoms with E-state index in [1.165, 1.54) is 0 Å². The molecule has 0 saturated heterocycles. The van der Waals surface area contributed by atoms with E-state index in [4.69, 9.17) is 5.73 Å². The maximum atomic E-state index is 12.1. The minimum Gasteiger partial charge on any atom is -0.327 e. The van der Waals surface area contributed by atoms with Crippen molar-refractivity contribution >= 4 is 0 Å². The Morgan fingerprint density at radius 3 is 2.11 bits per heavy atom. The Bertz CT molecular complexity index is 81.0. The fourth-order valence-corrected chi connectivity index (χ4v) is 0.652. The Kier molecular flexibility index (Phi) is 3.12. The molecule has 0 aliphatic carbocycles. The van der Waals surface area contributed by atoms with E-state index in [-0.39, 0.29) is 18.1 Å². The zero-order chi connectivity index (χ0) is 7.49. The van der Waals surface area contributed by atoms with Crippen LogP contribution in [0, 0.1) is 5.41 Å². The summed E-state index contributed by atoms with van der Waals surface area (Å²) in [5.74, 6) is 0. The van der Waals surface area contributed by atoms with E-state index >= 15 is 0 Å². The molecule has 9 heavy (non-hydrogen) atoms. The van der Waals surface area contributed by atoms with E-state index < -0.39 is 0 Å². The number of halogens is 1. The van der Waals surface area contributed by atoms with Crippen LogP contribution >= 0.6 is 0 Å². The van der Waals surface area contributed by atoms with Gasteiger partial charge in [0.15, 0.2) is 0 Å². The van der Waals surface area contributed by atoms with Gasteiger partial charge in [-0.2, -0.15) is 0 Å². The van der Waals surface area contributed by atoms with Crippen LogP contribution in [-0.2, 0) is 0 Å². The maximum absolute atomic E-state index is 12.1. The smallest absolute Gasteiger partial charge is 0.0960 e. The molecule has 0 aromatic heterocycles. The summed E-state index contributed by atoms with van der Waals surface area (Å²) in [5, 5.41) is 0. The highest BCUT2D eigenvalue weighted by Gasteiger charge is 2.24. The van der Waals surface area contributed by atoms with E-state index in [2.05, 4.69) is 0 Å². The minimum absolute atomic E-state index is 0.0116. The Hall–Kier alpha value is -0.110. The van der Waals surface area contributed by atoms with Crippen molar-refractivity contribution in [3.8, 4) is 0 Å². The lowest BCUT2D eigenvalue weighted by Gasteiger charge is -2.27. The molecule has 0 aliphatic rings. The Balaban J connectivity index is 3.80.